The van der Waals surface area contributed by atoms with Crippen molar-refractivity contribution in [3.05, 3.63) is 66.0 Å². The van der Waals surface area contributed by atoms with Crippen LogP contribution < -0.4 is 16.4 Å². The second kappa shape index (κ2) is 6.86. The van der Waals surface area contributed by atoms with E-state index in [1.165, 1.54) is 6.33 Å². The zero-order valence-electron chi connectivity index (χ0n) is 14.3. The van der Waals surface area contributed by atoms with Gasteiger partial charge in [0.15, 0.2) is 0 Å². The van der Waals surface area contributed by atoms with Crippen molar-refractivity contribution in [2.45, 2.75) is 19.0 Å². The number of fused-ring (bicyclic) bond motifs is 1. The summed E-state index contributed by atoms with van der Waals surface area (Å²) in [7, 11) is 1.94. The molecule has 6 nitrogen and oxygen atoms in total. The summed E-state index contributed by atoms with van der Waals surface area (Å²) in [6.45, 7) is 2.05. The third-order valence-corrected chi connectivity index (χ3v) is 4.56. The maximum atomic E-state index is 11.7. The van der Waals surface area contributed by atoms with Crippen molar-refractivity contribution in [2.75, 3.05) is 11.9 Å². The highest BCUT2D eigenvalue weighted by molar-refractivity contribution is 6.07. The molecule has 0 saturated heterocycles. The van der Waals surface area contributed by atoms with Crippen LogP contribution in [0.2, 0.25) is 0 Å². The lowest BCUT2D eigenvalue weighted by Crippen LogP contribution is -2.39. The lowest BCUT2D eigenvalue weighted by Gasteiger charge is -2.31. The highest BCUT2D eigenvalue weighted by atomic mass is 16.1. The molecule has 1 amide bonds. The van der Waals surface area contributed by atoms with Crippen LogP contribution in [0.25, 0.3) is 10.9 Å². The number of anilines is 1. The lowest BCUT2D eigenvalue weighted by atomic mass is 10.00. The SMILES string of the molecule is C[C@@H](C(N)c1ccccc1)N(C)c1ncnc2c(C(N)=O)cccc12. The molecular weight excluding hydrogens is 314 g/mol. The highest BCUT2D eigenvalue weighted by Crippen LogP contribution is 2.28. The number of aromatic nitrogens is 2. The Balaban J connectivity index is 2.01. The van der Waals surface area contributed by atoms with Gasteiger partial charge in [0.1, 0.15) is 12.1 Å². The summed E-state index contributed by atoms with van der Waals surface area (Å²) in [6, 6.07) is 15.1. The first-order valence-corrected chi connectivity index (χ1v) is 8.07. The van der Waals surface area contributed by atoms with Gasteiger partial charge in [0.05, 0.1) is 11.1 Å². The number of likely N-dealkylation sites (N-methyl/N-ethyl adjacent to an activating group) is 1. The molecule has 0 saturated carbocycles. The summed E-state index contributed by atoms with van der Waals surface area (Å²) in [5.41, 5.74) is 13.9. The Hall–Kier alpha value is -2.99. The third-order valence-electron chi connectivity index (χ3n) is 4.56. The van der Waals surface area contributed by atoms with Gasteiger partial charge in [-0.15, -0.1) is 0 Å². The van der Waals surface area contributed by atoms with Crippen molar-refractivity contribution in [1.82, 2.24) is 9.97 Å². The second-order valence-electron chi connectivity index (χ2n) is 6.05. The van der Waals surface area contributed by atoms with Crippen molar-refractivity contribution < 1.29 is 4.79 Å². The van der Waals surface area contributed by atoms with Gasteiger partial charge in [0, 0.05) is 24.5 Å². The van der Waals surface area contributed by atoms with Crippen LogP contribution in [-0.4, -0.2) is 29.0 Å². The molecule has 0 aliphatic carbocycles. The zero-order valence-corrected chi connectivity index (χ0v) is 14.3. The summed E-state index contributed by atoms with van der Waals surface area (Å²) < 4.78 is 0. The van der Waals surface area contributed by atoms with E-state index in [0.29, 0.717) is 16.9 Å². The zero-order chi connectivity index (χ0) is 18.0. The minimum Gasteiger partial charge on any atom is -0.366 e. The van der Waals surface area contributed by atoms with Crippen LogP contribution in [-0.2, 0) is 0 Å². The molecule has 3 rings (SSSR count). The minimum absolute atomic E-state index is 0.0160. The van der Waals surface area contributed by atoms with Gasteiger partial charge in [-0.05, 0) is 24.6 Å². The molecule has 1 aromatic heterocycles. The number of para-hydroxylation sites is 1. The number of hydrogen-bond acceptors (Lipinski definition) is 5. The molecule has 0 bridgehead atoms. The maximum Gasteiger partial charge on any atom is 0.250 e. The maximum absolute atomic E-state index is 11.7. The summed E-state index contributed by atoms with van der Waals surface area (Å²) in [5.74, 6) is 0.207. The van der Waals surface area contributed by atoms with Crippen LogP contribution in [0.5, 0.6) is 0 Å². The van der Waals surface area contributed by atoms with E-state index in [2.05, 4.69) is 9.97 Å². The molecule has 0 radical (unpaired) electrons. The fourth-order valence-corrected chi connectivity index (χ4v) is 2.94. The van der Waals surface area contributed by atoms with Crippen molar-refractivity contribution in [3.63, 3.8) is 0 Å². The molecule has 0 fully saturated rings. The monoisotopic (exact) mass is 335 g/mol. The number of nitrogens with zero attached hydrogens (tertiary/aromatic N) is 3. The van der Waals surface area contributed by atoms with E-state index in [0.717, 1.165) is 10.9 Å². The molecule has 4 N–H and O–H groups in total. The average molecular weight is 335 g/mol. The van der Waals surface area contributed by atoms with Crippen molar-refractivity contribution in [3.8, 4) is 0 Å². The molecule has 2 aromatic carbocycles. The fourth-order valence-electron chi connectivity index (χ4n) is 2.94. The summed E-state index contributed by atoms with van der Waals surface area (Å²) in [5, 5.41) is 0.772. The Kier molecular flexibility index (Phi) is 4.63. The van der Waals surface area contributed by atoms with Crippen LogP contribution in [0, 0.1) is 0 Å². The van der Waals surface area contributed by atoms with E-state index in [9.17, 15) is 4.79 Å². The van der Waals surface area contributed by atoms with E-state index in [1.54, 1.807) is 12.1 Å². The predicted molar refractivity (Wildman–Crippen MR) is 99.3 cm³/mol. The molecule has 0 spiro atoms. The number of amides is 1. The number of carbonyl (C=O) groups is 1. The van der Waals surface area contributed by atoms with E-state index in [4.69, 9.17) is 11.5 Å². The normalized spacial score (nSPS) is 13.4. The number of primary amides is 1. The summed E-state index contributed by atoms with van der Waals surface area (Å²) >= 11 is 0. The standard InChI is InChI=1S/C19H21N5O/c1-12(16(20)13-7-4-3-5-8-13)24(2)19-15-10-6-9-14(18(21)25)17(15)22-11-23-19/h3-12,16H,20H2,1-2H3,(H2,21,25)/t12-,16?/m0/s1. The molecule has 0 aliphatic heterocycles. The number of carbonyl (C=O) groups excluding carboxylic acids is 1. The fraction of sp³-hybridized carbons (Fsp3) is 0.211. The first-order valence-electron chi connectivity index (χ1n) is 8.07. The van der Waals surface area contributed by atoms with Crippen molar-refractivity contribution in [1.29, 1.82) is 0 Å². The van der Waals surface area contributed by atoms with Gasteiger partial charge in [-0.3, -0.25) is 4.79 Å². The van der Waals surface area contributed by atoms with Gasteiger partial charge >= 0.3 is 0 Å². The molecule has 2 atom stereocenters. The minimum atomic E-state index is -0.507. The quantitative estimate of drug-likeness (QED) is 0.745. The number of rotatable bonds is 5. The predicted octanol–water partition coefficient (Wildman–Crippen LogP) is 2.25. The number of benzene rings is 2. The van der Waals surface area contributed by atoms with E-state index >= 15 is 0 Å². The topological polar surface area (TPSA) is 98.1 Å². The first-order chi connectivity index (χ1) is 12.0. The molecule has 0 aliphatic rings. The van der Waals surface area contributed by atoms with E-state index in [1.807, 2.05) is 55.3 Å². The van der Waals surface area contributed by atoms with Gasteiger partial charge in [-0.1, -0.05) is 36.4 Å². The van der Waals surface area contributed by atoms with Gasteiger partial charge in [-0.2, -0.15) is 0 Å². The van der Waals surface area contributed by atoms with Gasteiger partial charge in [0.25, 0.3) is 5.91 Å². The van der Waals surface area contributed by atoms with E-state index < -0.39 is 5.91 Å². The van der Waals surface area contributed by atoms with Gasteiger partial charge in [-0.25, -0.2) is 9.97 Å². The second-order valence-corrected chi connectivity index (χ2v) is 6.05. The van der Waals surface area contributed by atoms with E-state index in [-0.39, 0.29) is 12.1 Å². The van der Waals surface area contributed by atoms with Crippen LogP contribution in [0.15, 0.2) is 54.9 Å². The number of hydrogen-bond donors (Lipinski definition) is 2. The average Bonchev–Trinajstić information content (AvgIpc) is 2.65. The van der Waals surface area contributed by atoms with Gasteiger partial charge < -0.3 is 16.4 Å². The largest absolute Gasteiger partial charge is 0.366 e. The summed E-state index contributed by atoms with van der Waals surface area (Å²) in [6.07, 6.45) is 1.45. The lowest BCUT2D eigenvalue weighted by molar-refractivity contribution is 0.100. The van der Waals surface area contributed by atoms with Crippen molar-refractivity contribution >= 4 is 22.6 Å². The molecule has 3 aromatic rings. The molecular formula is C19H21N5O. The molecule has 25 heavy (non-hydrogen) atoms. The van der Waals surface area contributed by atoms with Crippen LogP contribution in [0.4, 0.5) is 5.82 Å². The smallest absolute Gasteiger partial charge is 0.250 e. The Bertz CT molecular complexity index is 897. The molecule has 1 unspecified atom stereocenters. The highest BCUT2D eigenvalue weighted by Gasteiger charge is 2.22. The summed E-state index contributed by atoms with van der Waals surface area (Å²) in [4.78, 5) is 22.3. The van der Waals surface area contributed by atoms with Crippen LogP contribution in [0.3, 0.4) is 0 Å². The van der Waals surface area contributed by atoms with Crippen LogP contribution in [0.1, 0.15) is 28.9 Å². The van der Waals surface area contributed by atoms with Crippen LogP contribution >= 0.6 is 0 Å². The Morgan fingerprint density at radius 2 is 1.80 bits per heavy atom. The molecule has 6 heteroatoms. The third kappa shape index (κ3) is 3.16. The Labute approximate surface area is 146 Å². The first kappa shape index (κ1) is 16.9. The Morgan fingerprint density at radius 1 is 1.08 bits per heavy atom. The van der Waals surface area contributed by atoms with Gasteiger partial charge in [0.2, 0.25) is 0 Å². The van der Waals surface area contributed by atoms with Crippen molar-refractivity contribution in [2.24, 2.45) is 11.5 Å². The molecule has 1 heterocycles. The molecule has 128 valence electrons. The Morgan fingerprint density at radius 3 is 2.48 bits per heavy atom. The number of nitrogens with two attached hydrogens (primary N) is 2.